The second kappa shape index (κ2) is 6.35. The Kier molecular flexibility index (Phi) is 4.05. The number of hydrogen-bond acceptors (Lipinski definition) is 5. The van der Waals surface area contributed by atoms with Crippen molar-refractivity contribution in [3.8, 4) is 0 Å². The third-order valence-electron chi connectivity index (χ3n) is 3.40. The maximum absolute atomic E-state index is 12.0. The van der Waals surface area contributed by atoms with Crippen LogP contribution in [0.3, 0.4) is 0 Å². The summed E-state index contributed by atoms with van der Waals surface area (Å²) in [5, 5.41) is 6.02. The Morgan fingerprint density at radius 1 is 1.33 bits per heavy atom. The highest BCUT2D eigenvalue weighted by Gasteiger charge is 2.09. The number of carbonyl (C=O) groups is 1. The minimum absolute atomic E-state index is 0.199. The Labute approximate surface area is 150 Å². The SMILES string of the molecule is O=C(/C=C/c1c(Cl)nc2sccn12)NCc1nc2ccccc2s1. The van der Waals surface area contributed by atoms with Crippen molar-refractivity contribution < 1.29 is 4.79 Å². The Bertz CT molecular complexity index is 1030. The molecule has 4 rings (SSSR count). The van der Waals surface area contributed by atoms with Crippen LogP contribution in [-0.4, -0.2) is 20.3 Å². The lowest BCUT2D eigenvalue weighted by Crippen LogP contribution is -2.20. The van der Waals surface area contributed by atoms with Crippen LogP contribution in [0.5, 0.6) is 0 Å². The topological polar surface area (TPSA) is 59.3 Å². The summed E-state index contributed by atoms with van der Waals surface area (Å²) in [6.45, 7) is 0.399. The molecular weight excluding hydrogens is 364 g/mol. The van der Waals surface area contributed by atoms with E-state index in [0.717, 1.165) is 20.2 Å². The number of amides is 1. The van der Waals surface area contributed by atoms with E-state index < -0.39 is 0 Å². The lowest BCUT2D eigenvalue weighted by Gasteiger charge is -1.98. The predicted octanol–water partition coefficient (Wildman–Crippen LogP) is 3.99. The molecule has 0 aliphatic carbocycles. The van der Waals surface area contributed by atoms with Gasteiger partial charge in [0.2, 0.25) is 5.91 Å². The van der Waals surface area contributed by atoms with Gasteiger partial charge in [0.05, 0.1) is 22.5 Å². The molecule has 4 aromatic rings. The fourth-order valence-electron chi connectivity index (χ4n) is 2.30. The molecule has 1 aromatic carbocycles. The highest BCUT2D eigenvalue weighted by Crippen LogP contribution is 2.23. The van der Waals surface area contributed by atoms with Crippen molar-refractivity contribution in [2.24, 2.45) is 0 Å². The Morgan fingerprint density at radius 2 is 2.21 bits per heavy atom. The second-order valence-corrected chi connectivity index (χ2v) is 7.32. The molecule has 1 N–H and O–H groups in total. The third-order valence-corrected chi connectivity index (χ3v) is 5.47. The van der Waals surface area contributed by atoms with Gasteiger partial charge in [-0.3, -0.25) is 9.20 Å². The van der Waals surface area contributed by atoms with E-state index in [9.17, 15) is 4.79 Å². The van der Waals surface area contributed by atoms with Gasteiger partial charge in [-0.15, -0.1) is 22.7 Å². The van der Waals surface area contributed by atoms with Crippen molar-refractivity contribution in [3.05, 3.63) is 57.8 Å². The van der Waals surface area contributed by atoms with Crippen LogP contribution in [0.15, 0.2) is 41.9 Å². The molecule has 0 aliphatic heterocycles. The van der Waals surface area contributed by atoms with Gasteiger partial charge in [0.15, 0.2) is 10.1 Å². The minimum atomic E-state index is -0.199. The van der Waals surface area contributed by atoms with Gasteiger partial charge in [0, 0.05) is 17.7 Å². The normalized spacial score (nSPS) is 11.7. The van der Waals surface area contributed by atoms with Crippen molar-refractivity contribution in [1.29, 1.82) is 0 Å². The standard InChI is InChI=1S/C16H11ClN4OS2/c17-15-11(21-7-8-23-16(21)20-15)5-6-13(22)18-9-14-19-10-3-1-2-4-12(10)24-14/h1-8H,9H2,(H,18,22)/b6-5+. The van der Waals surface area contributed by atoms with Gasteiger partial charge in [-0.1, -0.05) is 23.7 Å². The first-order chi connectivity index (χ1) is 11.7. The first-order valence-electron chi connectivity index (χ1n) is 7.12. The fraction of sp³-hybridized carbons (Fsp3) is 0.0625. The van der Waals surface area contributed by atoms with Crippen molar-refractivity contribution in [3.63, 3.8) is 0 Å². The van der Waals surface area contributed by atoms with Gasteiger partial charge in [-0.05, 0) is 18.2 Å². The number of rotatable bonds is 4. The molecule has 3 aromatic heterocycles. The van der Waals surface area contributed by atoms with Crippen molar-refractivity contribution >= 4 is 61.4 Å². The van der Waals surface area contributed by atoms with Crippen LogP contribution >= 0.6 is 34.3 Å². The van der Waals surface area contributed by atoms with E-state index in [0.29, 0.717) is 17.4 Å². The number of hydrogen-bond donors (Lipinski definition) is 1. The number of carbonyl (C=O) groups excluding carboxylic acids is 1. The molecule has 24 heavy (non-hydrogen) atoms. The van der Waals surface area contributed by atoms with Crippen molar-refractivity contribution in [1.82, 2.24) is 19.7 Å². The molecule has 0 aliphatic rings. The average molecular weight is 375 g/mol. The quantitative estimate of drug-likeness (QED) is 0.549. The fourth-order valence-corrected chi connectivity index (χ4v) is 4.21. The van der Waals surface area contributed by atoms with Gasteiger partial charge in [-0.2, -0.15) is 0 Å². The van der Waals surface area contributed by atoms with Crippen molar-refractivity contribution in [2.45, 2.75) is 6.54 Å². The summed E-state index contributed by atoms with van der Waals surface area (Å²) in [5.74, 6) is -0.199. The summed E-state index contributed by atoms with van der Waals surface area (Å²) in [5.41, 5.74) is 1.65. The number of nitrogens with zero attached hydrogens (tertiary/aromatic N) is 3. The van der Waals surface area contributed by atoms with E-state index in [1.165, 1.54) is 17.4 Å². The molecule has 0 atom stereocenters. The van der Waals surface area contributed by atoms with Gasteiger partial charge in [-0.25, -0.2) is 9.97 Å². The highest BCUT2D eigenvalue weighted by atomic mass is 35.5. The van der Waals surface area contributed by atoms with Crippen LogP contribution in [-0.2, 0) is 11.3 Å². The molecule has 0 bridgehead atoms. The summed E-state index contributed by atoms with van der Waals surface area (Å²) < 4.78 is 2.97. The van der Waals surface area contributed by atoms with Crippen LogP contribution in [0.2, 0.25) is 5.15 Å². The monoisotopic (exact) mass is 374 g/mol. The third kappa shape index (κ3) is 2.93. The Hall–Kier alpha value is -2.22. The number of benzene rings is 1. The van der Waals surface area contributed by atoms with Gasteiger partial charge in [0.1, 0.15) is 5.01 Å². The van der Waals surface area contributed by atoms with Crippen LogP contribution in [0.1, 0.15) is 10.7 Å². The molecule has 0 saturated heterocycles. The summed E-state index contributed by atoms with van der Waals surface area (Å²) in [6.07, 6.45) is 5.00. The van der Waals surface area contributed by atoms with E-state index in [4.69, 9.17) is 11.6 Å². The first-order valence-corrected chi connectivity index (χ1v) is 9.19. The van der Waals surface area contributed by atoms with Crippen molar-refractivity contribution in [2.75, 3.05) is 0 Å². The number of fused-ring (bicyclic) bond motifs is 2. The number of imidazole rings is 1. The van der Waals surface area contributed by atoms with E-state index in [2.05, 4.69) is 15.3 Å². The van der Waals surface area contributed by atoms with E-state index in [1.807, 2.05) is 40.2 Å². The van der Waals surface area contributed by atoms with Crippen LogP contribution in [0.4, 0.5) is 0 Å². The number of nitrogens with one attached hydrogen (secondary N) is 1. The predicted molar refractivity (Wildman–Crippen MR) is 98.6 cm³/mol. The summed E-state index contributed by atoms with van der Waals surface area (Å²) in [6, 6.07) is 7.91. The zero-order valence-electron chi connectivity index (χ0n) is 12.3. The summed E-state index contributed by atoms with van der Waals surface area (Å²) in [7, 11) is 0. The average Bonchev–Trinajstić information content (AvgIpc) is 3.25. The molecule has 0 saturated carbocycles. The first kappa shape index (κ1) is 15.3. The zero-order valence-corrected chi connectivity index (χ0v) is 14.7. The van der Waals surface area contributed by atoms with Crippen LogP contribution in [0, 0.1) is 0 Å². The molecule has 0 spiro atoms. The van der Waals surface area contributed by atoms with E-state index >= 15 is 0 Å². The lowest BCUT2D eigenvalue weighted by atomic mass is 10.3. The molecule has 0 radical (unpaired) electrons. The molecule has 5 nitrogen and oxygen atoms in total. The highest BCUT2D eigenvalue weighted by molar-refractivity contribution is 7.18. The number of thiazole rings is 2. The molecule has 1 amide bonds. The van der Waals surface area contributed by atoms with Crippen LogP contribution < -0.4 is 5.32 Å². The van der Waals surface area contributed by atoms with Gasteiger partial charge < -0.3 is 5.32 Å². The van der Waals surface area contributed by atoms with E-state index in [-0.39, 0.29) is 5.91 Å². The zero-order chi connectivity index (χ0) is 16.5. The lowest BCUT2D eigenvalue weighted by molar-refractivity contribution is -0.116. The van der Waals surface area contributed by atoms with Gasteiger partial charge in [0.25, 0.3) is 0 Å². The number of halogens is 1. The molecular formula is C16H11ClN4OS2. The Morgan fingerprint density at radius 3 is 3.08 bits per heavy atom. The summed E-state index contributed by atoms with van der Waals surface area (Å²) >= 11 is 9.16. The minimum Gasteiger partial charge on any atom is -0.346 e. The second-order valence-electron chi connectivity index (χ2n) is 4.97. The largest absolute Gasteiger partial charge is 0.346 e. The molecule has 8 heteroatoms. The van der Waals surface area contributed by atoms with Crippen LogP contribution in [0.25, 0.3) is 21.3 Å². The Balaban J connectivity index is 1.44. The molecule has 120 valence electrons. The maximum atomic E-state index is 12.0. The smallest absolute Gasteiger partial charge is 0.244 e. The molecule has 0 unspecified atom stereocenters. The summed E-state index contributed by atoms with van der Waals surface area (Å²) in [4.78, 5) is 21.5. The molecule has 0 fully saturated rings. The number of aromatic nitrogens is 3. The van der Waals surface area contributed by atoms with Gasteiger partial charge >= 0.3 is 0 Å². The maximum Gasteiger partial charge on any atom is 0.244 e. The van der Waals surface area contributed by atoms with E-state index in [1.54, 1.807) is 17.4 Å². The number of para-hydroxylation sites is 1. The molecule has 3 heterocycles.